The molecule has 0 spiro atoms. The van der Waals surface area contributed by atoms with Gasteiger partial charge >= 0.3 is 0 Å². The third-order valence-corrected chi connectivity index (χ3v) is 4.19. The van der Waals surface area contributed by atoms with E-state index in [1.54, 1.807) is 25.3 Å². The molecule has 3 aromatic rings. The lowest BCUT2D eigenvalue weighted by Crippen LogP contribution is -2.28. The third kappa shape index (κ3) is 5.03. The second-order valence-corrected chi connectivity index (χ2v) is 6.17. The van der Waals surface area contributed by atoms with Gasteiger partial charge in [0.25, 0.3) is 5.56 Å². The molecular weight excluding hydrogens is 361 g/mol. The van der Waals surface area contributed by atoms with Crippen LogP contribution in [0.5, 0.6) is 5.75 Å². The summed E-state index contributed by atoms with van der Waals surface area (Å²) in [5.74, 6) is 0.151. The molecule has 1 aromatic heterocycles. The van der Waals surface area contributed by atoms with Crippen LogP contribution in [-0.2, 0) is 17.9 Å². The summed E-state index contributed by atoms with van der Waals surface area (Å²) in [5, 5.41) is 7.09. The molecule has 0 fully saturated rings. The number of hydrogen-bond donors (Lipinski definition) is 1. The maximum Gasteiger partial charge on any atom is 0.266 e. The molecule has 3 rings (SSSR count). The number of benzene rings is 2. The smallest absolute Gasteiger partial charge is 0.266 e. The Morgan fingerprint density at radius 1 is 1.14 bits per heavy atom. The van der Waals surface area contributed by atoms with Crippen LogP contribution < -0.4 is 15.6 Å². The van der Waals surface area contributed by atoms with E-state index in [2.05, 4.69) is 10.4 Å². The summed E-state index contributed by atoms with van der Waals surface area (Å²) in [6.45, 7) is 0.456. The summed E-state index contributed by atoms with van der Waals surface area (Å²) >= 11 is 0. The number of aryl methyl sites for hydroxylation is 1. The van der Waals surface area contributed by atoms with Crippen LogP contribution in [0.3, 0.4) is 0 Å². The number of halogens is 1. The van der Waals surface area contributed by atoms with Gasteiger partial charge in [0.1, 0.15) is 11.6 Å². The molecule has 0 aliphatic carbocycles. The third-order valence-electron chi connectivity index (χ3n) is 4.19. The molecule has 2 aromatic carbocycles. The van der Waals surface area contributed by atoms with Gasteiger partial charge in [-0.25, -0.2) is 9.07 Å². The minimum Gasteiger partial charge on any atom is -0.497 e. The molecule has 144 valence electrons. The lowest BCUT2D eigenvalue weighted by molar-refractivity contribution is -0.121. The molecule has 7 heteroatoms. The molecule has 1 heterocycles. The Hall–Kier alpha value is -3.48. The second-order valence-electron chi connectivity index (χ2n) is 6.17. The monoisotopic (exact) mass is 381 g/mol. The highest BCUT2D eigenvalue weighted by Gasteiger charge is 2.07. The van der Waals surface area contributed by atoms with Crippen molar-refractivity contribution in [2.75, 3.05) is 7.11 Å². The molecule has 0 saturated heterocycles. The number of carbonyl (C=O) groups is 1. The zero-order chi connectivity index (χ0) is 19.9. The molecule has 1 N–H and O–H groups in total. The minimum atomic E-state index is -0.323. The van der Waals surface area contributed by atoms with Crippen LogP contribution >= 0.6 is 0 Å². The van der Waals surface area contributed by atoms with E-state index in [-0.39, 0.29) is 30.2 Å². The van der Waals surface area contributed by atoms with Crippen molar-refractivity contribution in [3.63, 3.8) is 0 Å². The van der Waals surface area contributed by atoms with E-state index in [0.717, 1.165) is 11.1 Å². The van der Waals surface area contributed by atoms with Crippen LogP contribution in [0.4, 0.5) is 4.39 Å². The van der Waals surface area contributed by atoms with Crippen LogP contribution in [0.25, 0.3) is 11.3 Å². The Kier molecular flexibility index (Phi) is 6.16. The van der Waals surface area contributed by atoms with Crippen LogP contribution in [0.2, 0.25) is 0 Å². The average molecular weight is 381 g/mol. The Morgan fingerprint density at radius 3 is 2.68 bits per heavy atom. The molecule has 6 nitrogen and oxygen atoms in total. The number of ether oxygens (including phenoxy) is 1. The van der Waals surface area contributed by atoms with Gasteiger partial charge in [-0.2, -0.15) is 5.10 Å². The normalized spacial score (nSPS) is 10.5. The molecule has 0 aliphatic rings. The molecule has 0 unspecified atom stereocenters. The molecule has 0 saturated carbocycles. The molecule has 0 bridgehead atoms. The fraction of sp³-hybridized carbons (Fsp3) is 0.190. The van der Waals surface area contributed by atoms with Crippen molar-refractivity contribution in [1.82, 2.24) is 15.1 Å². The van der Waals surface area contributed by atoms with Crippen molar-refractivity contribution in [3.05, 3.63) is 82.4 Å². The number of methoxy groups -OCH3 is 1. The zero-order valence-electron chi connectivity index (χ0n) is 15.4. The number of amides is 1. The summed E-state index contributed by atoms with van der Waals surface area (Å²) in [6.07, 6.45) is 0.107. The summed E-state index contributed by atoms with van der Waals surface area (Å²) < 4.78 is 19.4. The maximum atomic E-state index is 12.9. The Morgan fingerprint density at radius 2 is 1.93 bits per heavy atom. The highest BCUT2D eigenvalue weighted by atomic mass is 19.1. The van der Waals surface area contributed by atoms with Crippen molar-refractivity contribution >= 4 is 5.91 Å². The summed E-state index contributed by atoms with van der Waals surface area (Å²) in [7, 11) is 1.58. The van der Waals surface area contributed by atoms with Crippen LogP contribution in [0.15, 0.2) is 65.5 Å². The molecule has 0 atom stereocenters. The van der Waals surface area contributed by atoms with Gasteiger partial charge in [0.2, 0.25) is 5.91 Å². The fourth-order valence-electron chi connectivity index (χ4n) is 2.64. The van der Waals surface area contributed by atoms with Gasteiger partial charge in [-0.05, 0) is 35.9 Å². The Balaban J connectivity index is 1.62. The minimum absolute atomic E-state index is 0.107. The predicted octanol–water partition coefficient (Wildman–Crippen LogP) is 2.76. The van der Waals surface area contributed by atoms with E-state index < -0.39 is 0 Å². The van der Waals surface area contributed by atoms with Gasteiger partial charge in [0, 0.05) is 24.6 Å². The first-order chi connectivity index (χ1) is 13.5. The first-order valence-corrected chi connectivity index (χ1v) is 8.79. The van der Waals surface area contributed by atoms with Crippen molar-refractivity contribution in [2.24, 2.45) is 0 Å². The Labute approximate surface area is 161 Å². The van der Waals surface area contributed by atoms with Crippen LogP contribution in [-0.4, -0.2) is 22.8 Å². The van der Waals surface area contributed by atoms with Crippen molar-refractivity contribution < 1.29 is 13.9 Å². The lowest BCUT2D eigenvalue weighted by atomic mass is 10.1. The molecule has 0 aliphatic heterocycles. The van der Waals surface area contributed by atoms with Gasteiger partial charge in [-0.15, -0.1) is 0 Å². The van der Waals surface area contributed by atoms with Gasteiger partial charge in [0.15, 0.2) is 0 Å². The Bertz CT molecular complexity index is 1020. The largest absolute Gasteiger partial charge is 0.497 e. The number of carbonyl (C=O) groups excluding carboxylic acids is 1. The van der Waals surface area contributed by atoms with Gasteiger partial charge in [-0.1, -0.05) is 24.3 Å². The van der Waals surface area contributed by atoms with E-state index in [0.29, 0.717) is 18.0 Å². The van der Waals surface area contributed by atoms with E-state index in [9.17, 15) is 14.0 Å². The summed E-state index contributed by atoms with van der Waals surface area (Å²) in [5.41, 5.74) is 1.95. The molecule has 1 amide bonds. The number of rotatable bonds is 7. The number of hydrogen-bond acceptors (Lipinski definition) is 4. The molecular formula is C21H20FN3O3. The first kappa shape index (κ1) is 19.3. The zero-order valence-corrected chi connectivity index (χ0v) is 15.4. The van der Waals surface area contributed by atoms with Gasteiger partial charge in [0.05, 0.1) is 19.3 Å². The van der Waals surface area contributed by atoms with Crippen molar-refractivity contribution in [3.8, 4) is 17.0 Å². The fourth-order valence-corrected chi connectivity index (χ4v) is 2.64. The summed E-state index contributed by atoms with van der Waals surface area (Å²) in [6, 6.07) is 16.3. The van der Waals surface area contributed by atoms with Crippen molar-refractivity contribution in [2.45, 2.75) is 19.5 Å². The highest BCUT2D eigenvalue weighted by molar-refractivity contribution is 5.75. The second kappa shape index (κ2) is 8.94. The standard InChI is InChI=1S/C21H20FN3O3/c1-28-18-4-2-3-16(13-18)19-9-10-21(27)25(24-19)12-11-20(26)23-14-15-5-7-17(22)8-6-15/h2-10,13H,11-12,14H2,1H3,(H,23,26). The topological polar surface area (TPSA) is 73.2 Å². The quantitative estimate of drug-likeness (QED) is 0.683. The van der Waals surface area contributed by atoms with E-state index in [1.807, 2.05) is 24.3 Å². The number of nitrogens with zero attached hydrogens (tertiary/aromatic N) is 2. The van der Waals surface area contributed by atoms with E-state index in [1.165, 1.54) is 22.9 Å². The van der Waals surface area contributed by atoms with Gasteiger partial charge < -0.3 is 10.1 Å². The number of nitrogens with one attached hydrogen (secondary N) is 1. The maximum absolute atomic E-state index is 12.9. The SMILES string of the molecule is COc1cccc(-c2ccc(=O)n(CCC(=O)NCc3ccc(F)cc3)n2)c1. The number of aromatic nitrogens is 2. The molecule has 28 heavy (non-hydrogen) atoms. The van der Waals surface area contributed by atoms with Crippen molar-refractivity contribution in [1.29, 1.82) is 0 Å². The summed E-state index contributed by atoms with van der Waals surface area (Å²) in [4.78, 5) is 24.1. The first-order valence-electron chi connectivity index (χ1n) is 8.79. The van der Waals surface area contributed by atoms with E-state index >= 15 is 0 Å². The van der Waals surface area contributed by atoms with Crippen LogP contribution in [0, 0.1) is 5.82 Å². The molecule has 0 radical (unpaired) electrons. The average Bonchev–Trinajstić information content (AvgIpc) is 2.72. The highest BCUT2D eigenvalue weighted by Crippen LogP contribution is 2.21. The predicted molar refractivity (Wildman–Crippen MR) is 103 cm³/mol. The lowest BCUT2D eigenvalue weighted by Gasteiger charge is -2.09. The van der Waals surface area contributed by atoms with Crippen LogP contribution in [0.1, 0.15) is 12.0 Å². The van der Waals surface area contributed by atoms with E-state index in [4.69, 9.17) is 4.74 Å². The van der Waals surface area contributed by atoms with Gasteiger partial charge in [-0.3, -0.25) is 9.59 Å².